The van der Waals surface area contributed by atoms with Crippen molar-refractivity contribution in [2.24, 2.45) is 5.73 Å². The molecule has 0 fully saturated rings. The van der Waals surface area contributed by atoms with Gasteiger partial charge in [-0.2, -0.15) is 5.26 Å². The van der Waals surface area contributed by atoms with E-state index in [1.54, 1.807) is 6.20 Å². The molecule has 1 aromatic carbocycles. The molecule has 0 spiro atoms. The zero-order valence-corrected chi connectivity index (χ0v) is 11.4. The molecule has 0 aliphatic heterocycles. The van der Waals surface area contributed by atoms with Gasteiger partial charge in [-0.25, -0.2) is 4.68 Å². The van der Waals surface area contributed by atoms with Crippen molar-refractivity contribution in [2.75, 3.05) is 0 Å². The van der Waals surface area contributed by atoms with Crippen LogP contribution in [-0.4, -0.2) is 19.9 Å². The van der Waals surface area contributed by atoms with Crippen LogP contribution in [0, 0.1) is 21.4 Å². The highest BCUT2D eigenvalue weighted by atomic mass is 16.6. The fraction of sp³-hybridized carbons (Fsp3) is 0.308. The molecule has 0 saturated carbocycles. The lowest BCUT2D eigenvalue weighted by atomic mass is 10.1. The van der Waals surface area contributed by atoms with Crippen molar-refractivity contribution in [3.05, 3.63) is 45.8 Å². The molecule has 0 saturated heterocycles. The summed E-state index contributed by atoms with van der Waals surface area (Å²) < 4.78 is 1.31. The minimum absolute atomic E-state index is 0.199. The van der Waals surface area contributed by atoms with Crippen molar-refractivity contribution in [1.29, 1.82) is 5.26 Å². The first-order valence-corrected chi connectivity index (χ1v) is 6.43. The number of nitro groups is 1. The van der Waals surface area contributed by atoms with Gasteiger partial charge in [-0.15, -0.1) is 5.10 Å². The summed E-state index contributed by atoms with van der Waals surface area (Å²) in [5.41, 5.74) is 6.79. The summed E-state index contributed by atoms with van der Waals surface area (Å²) in [5.74, 6) is 0. The summed E-state index contributed by atoms with van der Waals surface area (Å²) in [7, 11) is 0. The lowest BCUT2D eigenvalue weighted by molar-refractivity contribution is -0.384. The normalized spacial score (nSPS) is 11.9. The molecule has 1 heterocycles. The van der Waals surface area contributed by atoms with E-state index in [2.05, 4.69) is 10.3 Å². The van der Waals surface area contributed by atoms with Gasteiger partial charge in [0.2, 0.25) is 0 Å². The number of nitro benzene ring substituents is 1. The first-order valence-electron chi connectivity index (χ1n) is 6.43. The minimum Gasteiger partial charge on any atom is -0.323 e. The zero-order chi connectivity index (χ0) is 15.4. The van der Waals surface area contributed by atoms with Crippen LogP contribution in [0.1, 0.15) is 37.1 Å². The van der Waals surface area contributed by atoms with Crippen LogP contribution in [-0.2, 0) is 0 Å². The summed E-state index contributed by atoms with van der Waals surface area (Å²) in [6.45, 7) is 2.01. The highest BCUT2D eigenvalue weighted by Gasteiger charge is 2.19. The lowest BCUT2D eigenvalue weighted by Gasteiger charge is -2.05. The molecule has 21 heavy (non-hydrogen) atoms. The van der Waals surface area contributed by atoms with Gasteiger partial charge in [0.05, 0.1) is 34.5 Å². The molecule has 2 N–H and O–H groups in total. The quantitative estimate of drug-likeness (QED) is 0.660. The minimum atomic E-state index is -0.552. The summed E-state index contributed by atoms with van der Waals surface area (Å²) in [5, 5.41) is 27.8. The van der Waals surface area contributed by atoms with Crippen molar-refractivity contribution in [3.8, 4) is 11.8 Å². The molecule has 0 aliphatic carbocycles. The van der Waals surface area contributed by atoms with E-state index in [4.69, 9.17) is 11.0 Å². The lowest BCUT2D eigenvalue weighted by Crippen LogP contribution is -2.10. The molecule has 0 radical (unpaired) electrons. The molecule has 1 aromatic heterocycles. The molecule has 8 nitrogen and oxygen atoms in total. The number of aromatic nitrogens is 3. The maximum Gasteiger partial charge on any atom is 0.296 e. The second kappa shape index (κ2) is 6.11. The molecular weight excluding hydrogens is 272 g/mol. The Labute approximate surface area is 120 Å². The van der Waals surface area contributed by atoms with Crippen LogP contribution in [0.4, 0.5) is 5.69 Å². The maximum absolute atomic E-state index is 11.1. The van der Waals surface area contributed by atoms with Gasteiger partial charge in [0.15, 0.2) is 0 Å². The number of hydrogen-bond acceptors (Lipinski definition) is 6. The van der Waals surface area contributed by atoms with Gasteiger partial charge < -0.3 is 5.73 Å². The SMILES string of the molecule is CCCC(N)c1cn(-c2ccc(C#N)cc2[N+](=O)[O-])nn1. The number of nitrogens with two attached hydrogens (primary N) is 1. The van der Waals surface area contributed by atoms with Gasteiger partial charge in [0.1, 0.15) is 5.69 Å². The summed E-state index contributed by atoms with van der Waals surface area (Å²) >= 11 is 0. The molecule has 2 rings (SSSR count). The number of rotatable bonds is 5. The third kappa shape index (κ3) is 3.04. The molecule has 0 amide bonds. The van der Waals surface area contributed by atoms with Crippen LogP contribution in [0.15, 0.2) is 24.4 Å². The van der Waals surface area contributed by atoms with E-state index in [0.29, 0.717) is 5.69 Å². The number of benzene rings is 1. The second-order valence-electron chi connectivity index (χ2n) is 4.56. The number of hydrogen-bond donors (Lipinski definition) is 1. The van der Waals surface area contributed by atoms with Gasteiger partial charge in [-0.3, -0.25) is 10.1 Å². The van der Waals surface area contributed by atoms with Gasteiger partial charge in [-0.05, 0) is 18.6 Å². The summed E-state index contributed by atoms with van der Waals surface area (Å²) in [4.78, 5) is 10.6. The average Bonchev–Trinajstić information content (AvgIpc) is 2.96. The van der Waals surface area contributed by atoms with E-state index in [1.807, 2.05) is 13.0 Å². The van der Waals surface area contributed by atoms with Gasteiger partial charge in [-0.1, -0.05) is 18.6 Å². The molecular formula is C13H14N6O2. The topological polar surface area (TPSA) is 124 Å². The standard InChI is InChI=1S/C13H14N6O2/c1-2-3-10(15)11-8-18(17-16-11)12-5-4-9(7-14)6-13(12)19(20)21/h4-6,8,10H,2-3,15H2,1H3. The Hall–Kier alpha value is -2.79. The van der Waals surface area contributed by atoms with E-state index in [9.17, 15) is 10.1 Å². The van der Waals surface area contributed by atoms with Gasteiger partial charge >= 0.3 is 0 Å². The molecule has 0 bridgehead atoms. The molecule has 0 aliphatic rings. The monoisotopic (exact) mass is 286 g/mol. The predicted octanol–water partition coefficient (Wildman–Crippen LogP) is 1.85. The van der Waals surface area contributed by atoms with E-state index >= 15 is 0 Å². The zero-order valence-electron chi connectivity index (χ0n) is 11.4. The average molecular weight is 286 g/mol. The fourth-order valence-corrected chi connectivity index (χ4v) is 1.96. The van der Waals surface area contributed by atoms with Gasteiger partial charge in [0.25, 0.3) is 5.69 Å². The Balaban J connectivity index is 2.43. The molecule has 108 valence electrons. The van der Waals surface area contributed by atoms with E-state index in [1.165, 1.54) is 22.9 Å². The van der Waals surface area contributed by atoms with Crippen molar-refractivity contribution in [1.82, 2.24) is 15.0 Å². The van der Waals surface area contributed by atoms with Crippen LogP contribution in [0.3, 0.4) is 0 Å². The van der Waals surface area contributed by atoms with E-state index in [0.717, 1.165) is 12.8 Å². The van der Waals surface area contributed by atoms with Crippen LogP contribution < -0.4 is 5.73 Å². The molecule has 8 heteroatoms. The number of nitrogens with zero attached hydrogens (tertiary/aromatic N) is 5. The largest absolute Gasteiger partial charge is 0.323 e. The van der Waals surface area contributed by atoms with Crippen LogP contribution >= 0.6 is 0 Å². The Morgan fingerprint density at radius 1 is 1.57 bits per heavy atom. The van der Waals surface area contributed by atoms with Crippen molar-refractivity contribution >= 4 is 5.69 Å². The smallest absolute Gasteiger partial charge is 0.296 e. The van der Waals surface area contributed by atoms with Crippen molar-refractivity contribution < 1.29 is 4.92 Å². The van der Waals surface area contributed by atoms with Crippen LogP contribution in [0.2, 0.25) is 0 Å². The summed E-state index contributed by atoms with van der Waals surface area (Å²) in [6, 6.07) is 5.80. The highest BCUT2D eigenvalue weighted by Crippen LogP contribution is 2.24. The van der Waals surface area contributed by atoms with Crippen LogP contribution in [0.25, 0.3) is 5.69 Å². The number of nitriles is 1. The Bertz CT molecular complexity index is 703. The van der Waals surface area contributed by atoms with Crippen molar-refractivity contribution in [3.63, 3.8) is 0 Å². The van der Waals surface area contributed by atoms with Crippen molar-refractivity contribution in [2.45, 2.75) is 25.8 Å². The van der Waals surface area contributed by atoms with E-state index in [-0.39, 0.29) is 23.0 Å². The predicted molar refractivity (Wildman–Crippen MR) is 74.6 cm³/mol. The third-order valence-corrected chi connectivity index (χ3v) is 3.04. The van der Waals surface area contributed by atoms with E-state index < -0.39 is 4.92 Å². The highest BCUT2D eigenvalue weighted by molar-refractivity contribution is 5.56. The summed E-state index contributed by atoms with van der Waals surface area (Å²) in [6.07, 6.45) is 3.24. The van der Waals surface area contributed by atoms with Crippen LogP contribution in [0.5, 0.6) is 0 Å². The molecule has 2 aromatic rings. The first-order chi connectivity index (χ1) is 10.1. The fourth-order valence-electron chi connectivity index (χ4n) is 1.96. The molecule has 1 unspecified atom stereocenters. The Morgan fingerprint density at radius 2 is 2.33 bits per heavy atom. The molecule has 1 atom stereocenters. The van der Waals surface area contributed by atoms with Gasteiger partial charge in [0, 0.05) is 6.07 Å². The third-order valence-electron chi connectivity index (χ3n) is 3.04. The Morgan fingerprint density at radius 3 is 2.95 bits per heavy atom. The Kier molecular flexibility index (Phi) is 4.25. The maximum atomic E-state index is 11.1. The first kappa shape index (κ1) is 14.6. The second-order valence-corrected chi connectivity index (χ2v) is 4.56.